The molecule has 4 rings (SSSR count). The summed E-state index contributed by atoms with van der Waals surface area (Å²) in [5.41, 5.74) is 1.31. The van der Waals surface area contributed by atoms with Gasteiger partial charge in [0.1, 0.15) is 11.9 Å². The molecule has 2 N–H and O–H groups in total. The molecule has 2 amide bonds. The number of rotatable bonds is 4. The van der Waals surface area contributed by atoms with E-state index in [1.165, 1.54) is 23.3 Å². The number of aromatic nitrogens is 2. The molecular weight excluding hydrogens is 362 g/mol. The summed E-state index contributed by atoms with van der Waals surface area (Å²) in [5.74, 6) is 0.637. The van der Waals surface area contributed by atoms with Crippen LogP contribution in [0.15, 0.2) is 18.5 Å². The summed E-state index contributed by atoms with van der Waals surface area (Å²) in [4.78, 5) is 33.6. The molecule has 3 heterocycles. The fraction of sp³-hybridized carbons (Fsp3) is 0.526. The molecule has 27 heavy (non-hydrogen) atoms. The first-order valence-corrected chi connectivity index (χ1v) is 10.3. The fourth-order valence-electron chi connectivity index (χ4n) is 3.88. The molecule has 1 saturated heterocycles. The van der Waals surface area contributed by atoms with Gasteiger partial charge in [-0.05, 0) is 37.3 Å². The molecule has 0 radical (unpaired) electrons. The Morgan fingerprint density at radius 3 is 3.00 bits per heavy atom. The summed E-state index contributed by atoms with van der Waals surface area (Å²) >= 11 is 1.57. The number of fused-ring (bicyclic) bond motifs is 1. The van der Waals surface area contributed by atoms with Gasteiger partial charge in [-0.15, -0.1) is 11.3 Å². The molecule has 144 valence electrons. The normalized spacial score (nSPS) is 19.6. The zero-order chi connectivity index (χ0) is 18.8. The Balaban J connectivity index is 1.40. The van der Waals surface area contributed by atoms with E-state index in [0.29, 0.717) is 13.1 Å². The van der Waals surface area contributed by atoms with Gasteiger partial charge in [-0.2, -0.15) is 0 Å². The van der Waals surface area contributed by atoms with Crippen LogP contribution in [0.5, 0.6) is 0 Å². The van der Waals surface area contributed by atoms with Gasteiger partial charge in [0, 0.05) is 44.0 Å². The first kappa shape index (κ1) is 18.2. The van der Waals surface area contributed by atoms with Crippen molar-refractivity contribution in [2.75, 3.05) is 26.2 Å². The summed E-state index contributed by atoms with van der Waals surface area (Å²) in [5, 5.41) is 6.14. The van der Waals surface area contributed by atoms with Crippen LogP contribution in [-0.4, -0.2) is 52.4 Å². The van der Waals surface area contributed by atoms with Crippen molar-refractivity contribution in [3.63, 3.8) is 0 Å². The molecule has 0 aromatic carbocycles. The molecular formula is C19H25N5O2S. The Morgan fingerprint density at radius 1 is 1.37 bits per heavy atom. The van der Waals surface area contributed by atoms with Gasteiger partial charge < -0.3 is 20.1 Å². The molecule has 0 saturated carbocycles. The molecule has 8 heteroatoms. The minimum absolute atomic E-state index is 0.0162. The van der Waals surface area contributed by atoms with Gasteiger partial charge in [0.15, 0.2) is 0 Å². The molecule has 2 aromatic rings. The van der Waals surface area contributed by atoms with Crippen molar-refractivity contribution in [3.8, 4) is 0 Å². The highest BCUT2D eigenvalue weighted by atomic mass is 32.1. The third-order valence-corrected chi connectivity index (χ3v) is 6.58. The van der Waals surface area contributed by atoms with Crippen molar-refractivity contribution in [1.29, 1.82) is 0 Å². The van der Waals surface area contributed by atoms with Gasteiger partial charge in [0.05, 0.1) is 11.4 Å². The molecule has 1 atom stereocenters. The van der Waals surface area contributed by atoms with E-state index >= 15 is 0 Å². The second-order valence-corrected chi connectivity index (χ2v) is 8.29. The first-order valence-electron chi connectivity index (χ1n) is 9.50. The molecule has 1 fully saturated rings. The lowest BCUT2D eigenvalue weighted by atomic mass is 9.99. The lowest BCUT2D eigenvalue weighted by Crippen LogP contribution is -2.52. The predicted octanol–water partition coefficient (Wildman–Crippen LogP) is 1.26. The quantitative estimate of drug-likeness (QED) is 0.828. The first-order chi connectivity index (χ1) is 13.1. The second kappa shape index (κ2) is 7.82. The zero-order valence-corrected chi connectivity index (χ0v) is 16.3. The van der Waals surface area contributed by atoms with Crippen molar-refractivity contribution in [2.24, 2.45) is 7.05 Å². The number of imidazole rings is 1. The molecule has 0 bridgehead atoms. The number of aryl methyl sites for hydroxylation is 3. The highest BCUT2D eigenvalue weighted by Gasteiger charge is 2.30. The number of amides is 2. The fourth-order valence-corrected chi connectivity index (χ4v) is 5.05. The number of carbonyl (C=O) groups is 2. The van der Waals surface area contributed by atoms with Gasteiger partial charge in [-0.3, -0.25) is 9.59 Å². The number of thiophene rings is 1. The maximum absolute atomic E-state index is 12.8. The Kier molecular flexibility index (Phi) is 5.27. The van der Waals surface area contributed by atoms with E-state index < -0.39 is 0 Å². The van der Waals surface area contributed by atoms with E-state index in [-0.39, 0.29) is 24.4 Å². The highest BCUT2D eigenvalue weighted by Crippen LogP contribution is 2.29. The lowest BCUT2D eigenvalue weighted by molar-refractivity contribution is -0.133. The van der Waals surface area contributed by atoms with Crippen molar-refractivity contribution in [1.82, 2.24) is 25.1 Å². The molecule has 2 aromatic heterocycles. The average Bonchev–Trinajstić information content (AvgIpc) is 3.31. The number of piperazine rings is 1. The number of nitrogens with one attached hydrogen (secondary N) is 2. The van der Waals surface area contributed by atoms with E-state index in [9.17, 15) is 9.59 Å². The van der Waals surface area contributed by atoms with Crippen LogP contribution in [0.3, 0.4) is 0 Å². The highest BCUT2D eigenvalue weighted by molar-refractivity contribution is 7.14. The standard InChI is InChI=1S/C19H25N5O2S/c1-23-8-7-21-18(23)14-11-20-6-9-24(14)17(25)12-22-19(26)16-10-13-4-2-3-5-15(13)27-16/h7-8,10,14,20H,2-6,9,11-12H2,1H3,(H,22,26). The van der Waals surface area contributed by atoms with Crippen LogP contribution in [0, 0.1) is 0 Å². The predicted molar refractivity (Wildman–Crippen MR) is 104 cm³/mol. The molecule has 7 nitrogen and oxygen atoms in total. The van der Waals surface area contributed by atoms with Crippen molar-refractivity contribution < 1.29 is 9.59 Å². The minimum Gasteiger partial charge on any atom is -0.342 e. The Labute approximate surface area is 162 Å². The van der Waals surface area contributed by atoms with Crippen LogP contribution in [0.1, 0.15) is 44.8 Å². The van der Waals surface area contributed by atoms with Crippen LogP contribution >= 0.6 is 11.3 Å². The van der Waals surface area contributed by atoms with Gasteiger partial charge >= 0.3 is 0 Å². The molecule has 1 aliphatic heterocycles. The van der Waals surface area contributed by atoms with Crippen LogP contribution in [-0.2, 0) is 24.7 Å². The summed E-state index contributed by atoms with van der Waals surface area (Å²) in [7, 11) is 1.93. The summed E-state index contributed by atoms with van der Waals surface area (Å²) in [6.45, 7) is 2.04. The number of hydrogen-bond donors (Lipinski definition) is 2. The smallest absolute Gasteiger partial charge is 0.261 e. The van der Waals surface area contributed by atoms with E-state index in [1.807, 2.05) is 28.8 Å². The van der Waals surface area contributed by atoms with E-state index in [2.05, 4.69) is 15.6 Å². The zero-order valence-electron chi connectivity index (χ0n) is 15.5. The number of nitrogens with zero attached hydrogens (tertiary/aromatic N) is 3. The molecule has 0 spiro atoms. The summed E-state index contributed by atoms with van der Waals surface area (Å²) < 4.78 is 1.94. The van der Waals surface area contributed by atoms with Gasteiger partial charge in [-0.1, -0.05) is 0 Å². The van der Waals surface area contributed by atoms with Crippen molar-refractivity contribution >= 4 is 23.2 Å². The van der Waals surface area contributed by atoms with E-state index in [1.54, 1.807) is 17.5 Å². The topological polar surface area (TPSA) is 79.3 Å². The summed E-state index contributed by atoms with van der Waals surface area (Å²) in [6.07, 6.45) is 8.15. The second-order valence-electron chi connectivity index (χ2n) is 7.15. The summed E-state index contributed by atoms with van der Waals surface area (Å²) in [6, 6.07) is 1.89. The van der Waals surface area contributed by atoms with Crippen LogP contribution in [0.25, 0.3) is 0 Å². The van der Waals surface area contributed by atoms with Gasteiger partial charge in [-0.25, -0.2) is 4.98 Å². The van der Waals surface area contributed by atoms with Crippen LogP contribution in [0.4, 0.5) is 0 Å². The monoisotopic (exact) mass is 387 g/mol. The lowest BCUT2D eigenvalue weighted by Gasteiger charge is -2.35. The molecule has 1 unspecified atom stereocenters. The van der Waals surface area contributed by atoms with Crippen molar-refractivity contribution in [2.45, 2.75) is 31.7 Å². The van der Waals surface area contributed by atoms with Gasteiger partial charge in [0.25, 0.3) is 5.91 Å². The van der Waals surface area contributed by atoms with Crippen molar-refractivity contribution in [3.05, 3.63) is 39.6 Å². The SMILES string of the molecule is Cn1ccnc1C1CNCCN1C(=O)CNC(=O)c1cc2c(s1)CCCC2. The Morgan fingerprint density at radius 2 is 2.22 bits per heavy atom. The maximum Gasteiger partial charge on any atom is 0.261 e. The third kappa shape index (κ3) is 3.77. The van der Waals surface area contributed by atoms with Crippen LogP contribution in [0.2, 0.25) is 0 Å². The minimum atomic E-state index is -0.147. The van der Waals surface area contributed by atoms with E-state index in [4.69, 9.17) is 0 Å². The van der Waals surface area contributed by atoms with Crippen LogP contribution < -0.4 is 10.6 Å². The number of carbonyl (C=O) groups excluding carboxylic acids is 2. The third-order valence-electron chi connectivity index (χ3n) is 5.34. The molecule has 1 aliphatic carbocycles. The van der Waals surface area contributed by atoms with Gasteiger partial charge in [0.2, 0.25) is 5.91 Å². The largest absolute Gasteiger partial charge is 0.342 e. The van der Waals surface area contributed by atoms with E-state index in [0.717, 1.165) is 30.1 Å². The number of hydrogen-bond acceptors (Lipinski definition) is 5. The molecule has 2 aliphatic rings. The maximum atomic E-state index is 12.8. The Hall–Kier alpha value is -2.19. The Bertz CT molecular complexity index is 820. The average molecular weight is 388 g/mol.